The smallest absolute Gasteiger partial charge is 0.261 e. The standard InChI is InChI=1S/C45H62O7SSi/c1-32-27-35(19-18-26-49-54(44(4,5)6,38-22-14-10-15-23-38)39-24-16-11-17-25-39)50-42(33(32)2)29-43-40(31-53(46,47)37-20-12-9-13-21-37)34(3)41(51-43)28-36-30-48-45(7,8)52-36/h9-17,20-25,32,34-36,40-43H,2,18-19,26-31H2,1,3-8H3/t32-,34-,35+,36+,40-,41-,42-,43+/m1/s1. The lowest BCUT2D eigenvalue weighted by Gasteiger charge is -2.43. The average molecular weight is 775 g/mol. The van der Waals surface area contributed by atoms with Crippen molar-refractivity contribution in [3.63, 3.8) is 0 Å². The first-order valence-corrected chi connectivity index (χ1v) is 23.5. The summed E-state index contributed by atoms with van der Waals surface area (Å²) < 4.78 is 60.5. The fourth-order valence-electron chi connectivity index (χ4n) is 9.08. The molecule has 54 heavy (non-hydrogen) atoms. The summed E-state index contributed by atoms with van der Waals surface area (Å²) in [6.07, 6.45) is 3.14. The summed E-state index contributed by atoms with van der Waals surface area (Å²) in [5.41, 5.74) is 1.06. The normalized spacial score (nSPS) is 29.1. The van der Waals surface area contributed by atoms with E-state index >= 15 is 0 Å². The molecule has 0 unspecified atom stereocenters. The topological polar surface area (TPSA) is 80.3 Å². The monoisotopic (exact) mass is 774 g/mol. The van der Waals surface area contributed by atoms with Crippen molar-refractivity contribution in [1.82, 2.24) is 0 Å². The van der Waals surface area contributed by atoms with E-state index in [4.69, 9.17) is 23.4 Å². The second kappa shape index (κ2) is 16.8. The van der Waals surface area contributed by atoms with Crippen LogP contribution in [0.25, 0.3) is 0 Å². The molecule has 6 rings (SSSR count). The molecule has 3 aliphatic heterocycles. The van der Waals surface area contributed by atoms with E-state index in [1.807, 2.05) is 19.9 Å². The first kappa shape index (κ1) is 41.0. The summed E-state index contributed by atoms with van der Waals surface area (Å²) >= 11 is 0. The number of ether oxygens (including phenoxy) is 4. The molecule has 0 radical (unpaired) electrons. The van der Waals surface area contributed by atoms with Gasteiger partial charge in [-0.3, -0.25) is 0 Å². The number of hydrogen-bond donors (Lipinski definition) is 0. The zero-order valence-electron chi connectivity index (χ0n) is 33.4. The SMILES string of the molecule is C=C1[C@H](C)C[C@H](CCCO[Si](c2ccccc2)(c2ccccc2)C(C)(C)C)O[C@@H]1C[C@@H]1O[C@H](C[C@H]2COC(C)(C)O2)[C@H](C)[C@H]1CS(=O)(=O)c1ccccc1. The molecule has 9 heteroatoms. The summed E-state index contributed by atoms with van der Waals surface area (Å²) in [5, 5.41) is 2.49. The molecule has 0 aromatic heterocycles. The van der Waals surface area contributed by atoms with Gasteiger partial charge in [0.2, 0.25) is 0 Å². The minimum absolute atomic E-state index is 0.00417. The summed E-state index contributed by atoms with van der Waals surface area (Å²) in [5.74, 6) is -0.540. The highest BCUT2D eigenvalue weighted by Crippen LogP contribution is 2.43. The van der Waals surface area contributed by atoms with Crippen molar-refractivity contribution >= 4 is 28.5 Å². The largest absolute Gasteiger partial charge is 0.407 e. The maximum atomic E-state index is 13.8. The van der Waals surface area contributed by atoms with Gasteiger partial charge in [-0.1, -0.05) is 120 Å². The fourth-order valence-corrected chi connectivity index (χ4v) is 15.5. The molecule has 0 saturated carbocycles. The number of sulfone groups is 1. The maximum absolute atomic E-state index is 13.8. The van der Waals surface area contributed by atoms with Crippen LogP contribution in [-0.4, -0.2) is 72.0 Å². The highest BCUT2D eigenvalue weighted by Gasteiger charge is 2.51. The second-order valence-corrected chi connectivity index (χ2v) is 23.7. The Balaban J connectivity index is 1.15. The van der Waals surface area contributed by atoms with E-state index in [9.17, 15) is 8.42 Å². The van der Waals surface area contributed by atoms with Crippen LogP contribution in [-0.2, 0) is 33.2 Å². The molecule has 0 bridgehead atoms. The Labute approximate surface area is 325 Å². The Morgan fingerprint density at radius 2 is 1.43 bits per heavy atom. The number of benzene rings is 3. The van der Waals surface area contributed by atoms with E-state index in [1.54, 1.807) is 24.3 Å². The van der Waals surface area contributed by atoms with Gasteiger partial charge in [-0.15, -0.1) is 0 Å². The Bertz CT molecular complexity index is 1740. The third-order valence-corrected chi connectivity index (χ3v) is 18.9. The van der Waals surface area contributed by atoms with Crippen molar-refractivity contribution in [2.24, 2.45) is 17.8 Å². The van der Waals surface area contributed by atoms with Crippen molar-refractivity contribution in [3.05, 3.63) is 103 Å². The van der Waals surface area contributed by atoms with Crippen molar-refractivity contribution in [2.45, 2.75) is 127 Å². The summed E-state index contributed by atoms with van der Waals surface area (Å²) in [6, 6.07) is 30.3. The summed E-state index contributed by atoms with van der Waals surface area (Å²) in [6.45, 7) is 20.8. The highest BCUT2D eigenvalue weighted by atomic mass is 32.2. The highest BCUT2D eigenvalue weighted by molar-refractivity contribution is 7.91. The molecule has 294 valence electrons. The van der Waals surface area contributed by atoms with Gasteiger partial charge in [0.15, 0.2) is 15.6 Å². The van der Waals surface area contributed by atoms with Gasteiger partial charge in [0, 0.05) is 25.4 Å². The zero-order valence-corrected chi connectivity index (χ0v) is 35.2. The third kappa shape index (κ3) is 9.15. The molecular formula is C45H62O7SSi. The molecule has 0 aliphatic carbocycles. The van der Waals surface area contributed by atoms with Crippen LogP contribution in [0.15, 0.2) is 108 Å². The van der Waals surface area contributed by atoms with E-state index in [2.05, 4.69) is 102 Å². The Kier molecular flexibility index (Phi) is 12.8. The van der Waals surface area contributed by atoms with Crippen molar-refractivity contribution < 1.29 is 31.8 Å². The molecule has 3 fully saturated rings. The Morgan fingerprint density at radius 1 is 0.833 bits per heavy atom. The zero-order chi connectivity index (χ0) is 38.7. The van der Waals surface area contributed by atoms with Gasteiger partial charge in [-0.2, -0.15) is 0 Å². The van der Waals surface area contributed by atoms with Crippen LogP contribution in [0.5, 0.6) is 0 Å². The molecule has 3 saturated heterocycles. The van der Waals surface area contributed by atoms with Gasteiger partial charge in [-0.25, -0.2) is 8.42 Å². The van der Waals surface area contributed by atoms with Crippen molar-refractivity contribution in [2.75, 3.05) is 19.0 Å². The molecule has 3 aromatic rings. The van der Waals surface area contributed by atoms with Crippen LogP contribution in [0.3, 0.4) is 0 Å². The van der Waals surface area contributed by atoms with E-state index < -0.39 is 23.9 Å². The van der Waals surface area contributed by atoms with Gasteiger partial charge in [0.1, 0.15) is 0 Å². The molecule has 8 atom stereocenters. The van der Waals surface area contributed by atoms with Crippen LogP contribution >= 0.6 is 0 Å². The molecule has 0 N–H and O–H groups in total. The van der Waals surface area contributed by atoms with Gasteiger partial charge in [0.25, 0.3) is 8.32 Å². The lowest BCUT2D eigenvalue weighted by atomic mass is 9.82. The van der Waals surface area contributed by atoms with Gasteiger partial charge in [0.05, 0.1) is 47.8 Å². The lowest BCUT2D eigenvalue weighted by Crippen LogP contribution is -2.66. The van der Waals surface area contributed by atoms with Crippen molar-refractivity contribution in [3.8, 4) is 0 Å². The van der Waals surface area contributed by atoms with E-state index in [0.29, 0.717) is 31.0 Å². The molecule has 3 aromatic carbocycles. The van der Waals surface area contributed by atoms with Gasteiger partial charge >= 0.3 is 0 Å². The van der Waals surface area contributed by atoms with E-state index in [-0.39, 0.29) is 59.1 Å². The van der Waals surface area contributed by atoms with Crippen LogP contribution in [0.4, 0.5) is 0 Å². The number of rotatable bonds is 14. The maximum Gasteiger partial charge on any atom is 0.261 e. The molecule has 3 heterocycles. The first-order chi connectivity index (χ1) is 25.6. The molecule has 7 nitrogen and oxygen atoms in total. The third-order valence-electron chi connectivity index (χ3n) is 12.0. The number of hydrogen-bond acceptors (Lipinski definition) is 7. The van der Waals surface area contributed by atoms with Crippen LogP contribution in [0.1, 0.15) is 80.6 Å². The Morgan fingerprint density at radius 3 is 1.98 bits per heavy atom. The minimum atomic E-state index is -3.54. The minimum Gasteiger partial charge on any atom is -0.407 e. The molecule has 0 spiro atoms. The van der Waals surface area contributed by atoms with E-state index in [0.717, 1.165) is 24.8 Å². The second-order valence-electron chi connectivity index (χ2n) is 17.4. The van der Waals surface area contributed by atoms with Gasteiger partial charge < -0.3 is 23.4 Å². The summed E-state index contributed by atoms with van der Waals surface area (Å²) in [7, 11) is -6.17. The Hall–Kier alpha value is -2.63. The van der Waals surface area contributed by atoms with Crippen LogP contribution in [0.2, 0.25) is 5.04 Å². The van der Waals surface area contributed by atoms with Crippen LogP contribution < -0.4 is 10.4 Å². The summed E-state index contributed by atoms with van der Waals surface area (Å²) in [4.78, 5) is 0.348. The molecule has 0 amide bonds. The average Bonchev–Trinajstić information content (AvgIpc) is 3.63. The van der Waals surface area contributed by atoms with Gasteiger partial charge in [-0.05, 0) is 78.1 Å². The van der Waals surface area contributed by atoms with Crippen molar-refractivity contribution in [1.29, 1.82) is 0 Å². The quantitative estimate of drug-likeness (QED) is 0.0931. The predicted octanol–water partition coefficient (Wildman–Crippen LogP) is 8.12. The van der Waals surface area contributed by atoms with Crippen LogP contribution in [0, 0.1) is 17.8 Å². The fraction of sp³-hybridized carbons (Fsp3) is 0.556. The molecule has 3 aliphatic rings. The predicted molar refractivity (Wildman–Crippen MR) is 218 cm³/mol. The lowest BCUT2D eigenvalue weighted by molar-refractivity contribution is -0.143. The van der Waals surface area contributed by atoms with E-state index in [1.165, 1.54) is 10.4 Å². The molecular weight excluding hydrogens is 713 g/mol. The first-order valence-electron chi connectivity index (χ1n) is 19.9.